The molecule has 0 fully saturated rings. The number of aryl methyl sites for hydroxylation is 1. The second-order valence-electron chi connectivity index (χ2n) is 5.38. The molecule has 4 nitrogen and oxygen atoms in total. The van der Waals surface area contributed by atoms with E-state index >= 15 is 0 Å². The van der Waals surface area contributed by atoms with Gasteiger partial charge in [-0.3, -0.25) is 4.99 Å². The van der Waals surface area contributed by atoms with Crippen molar-refractivity contribution < 1.29 is 4.74 Å². The van der Waals surface area contributed by atoms with Gasteiger partial charge in [-0.05, 0) is 43.4 Å². The molecule has 1 aromatic rings. The van der Waals surface area contributed by atoms with Crippen molar-refractivity contribution in [3.63, 3.8) is 0 Å². The van der Waals surface area contributed by atoms with Crippen LogP contribution in [0.5, 0.6) is 5.75 Å². The Balaban J connectivity index is 0.00000484. The summed E-state index contributed by atoms with van der Waals surface area (Å²) in [5.74, 6) is 1.88. The van der Waals surface area contributed by atoms with Crippen molar-refractivity contribution in [1.82, 2.24) is 10.2 Å². The molecular weight excluding hydrogens is 401 g/mol. The van der Waals surface area contributed by atoms with Gasteiger partial charge in [0, 0.05) is 27.2 Å². The standard InChI is InChI=1S/C18H29N3O.HI/c1-6-7-8-13-21(4)18(19-3)20-12-11-16-10-9-15(2)17(14-16)22-5;/h6,9-10,14H,1,7-8,11-13H2,2-5H3,(H,19,20);1H. The maximum atomic E-state index is 5.37. The molecule has 1 rings (SSSR count). The number of halogens is 1. The van der Waals surface area contributed by atoms with Crippen LogP contribution in [0, 0.1) is 6.92 Å². The highest BCUT2D eigenvalue weighted by molar-refractivity contribution is 14.0. The summed E-state index contributed by atoms with van der Waals surface area (Å²) in [5, 5.41) is 3.41. The number of hydrogen-bond acceptors (Lipinski definition) is 2. The Kier molecular flexibility index (Phi) is 11.6. The number of allylic oxidation sites excluding steroid dienone is 1. The van der Waals surface area contributed by atoms with Crippen LogP contribution in [-0.4, -0.2) is 45.2 Å². The van der Waals surface area contributed by atoms with Crippen LogP contribution in [0.4, 0.5) is 0 Å². The van der Waals surface area contributed by atoms with Crippen molar-refractivity contribution in [2.75, 3.05) is 34.3 Å². The van der Waals surface area contributed by atoms with Gasteiger partial charge in [0.15, 0.2) is 5.96 Å². The molecule has 1 aromatic carbocycles. The van der Waals surface area contributed by atoms with E-state index in [1.54, 1.807) is 7.11 Å². The fourth-order valence-corrected chi connectivity index (χ4v) is 2.30. The number of methoxy groups -OCH3 is 1. The van der Waals surface area contributed by atoms with E-state index in [-0.39, 0.29) is 24.0 Å². The topological polar surface area (TPSA) is 36.9 Å². The van der Waals surface area contributed by atoms with Crippen LogP contribution in [0.1, 0.15) is 24.0 Å². The molecule has 0 aliphatic heterocycles. The Hall–Kier alpha value is -1.24. The molecule has 130 valence electrons. The minimum Gasteiger partial charge on any atom is -0.496 e. The molecule has 0 unspecified atom stereocenters. The monoisotopic (exact) mass is 431 g/mol. The highest BCUT2D eigenvalue weighted by Gasteiger charge is 2.05. The Labute approximate surface area is 158 Å². The summed E-state index contributed by atoms with van der Waals surface area (Å²) in [6.07, 6.45) is 5.02. The fraction of sp³-hybridized carbons (Fsp3) is 0.500. The Bertz CT molecular complexity index is 503. The van der Waals surface area contributed by atoms with Crippen LogP contribution in [0.3, 0.4) is 0 Å². The van der Waals surface area contributed by atoms with E-state index < -0.39 is 0 Å². The van der Waals surface area contributed by atoms with E-state index in [4.69, 9.17) is 4.74 Å². The van der Waals surface area contributed by atoms with E-state index in [1.165, 1.54) is 5.56 Å². The lowest BCUT2D eigenvalue weighted by molar-refractivity contribution is 0.411. The van der Waals surface area contributed by atoms with Crippen LogP contribution in [0.15, 0.2) is 35.8 Å². The van der Waals surface area contributed by atoms with Gasteiger partial charge < -0.3 is 15.0 Å². The van der Waals surface area contributed by atoms with Crippen LogP contribution < -0.4 is 10.1 Å². The van der Waals surface area contributed by atoms with Gasteiger partial charge in [-0.25, -0.2) is 0 Å². The molecule has 1 N–H and O–H groups in total. The first-order valence-corrected chi connectivity index (χ1v) is 7.78. The lowest BCUT2D eigenvalue weighted by Gasteiger charge is -2.22. The molecule has 0 atom stereocenters. The van der Waals surface area contributed by atoms with E-state index in [0.717, 1.165) is 49.6 Å². The Morgan fingerprint density at radius 3 is 2.78 bits per heavy atom. The largest absolute Gasteiger partial charge is 0.496 e. The average molecular weight is 431 g/mol. The molecule has 5 heteroatoms. The summed E-state index contributed by atoms with van der Waals surface area (Å²) in [5.41, 5.74) is 2.43. The maximum absolute atomic E-state index is 5.37. The first kappa shape index (κ1) is 21.8. The molecule has 0 aromatic heterocycles. The van der Waals surface area contributed by atoms with Crippen molar-refractivity contribution in [3.05, 3.63) is 42.0 Å². The average Bonchev–Trinajstić information content (AvgIpc) is 2.53. The molecule has 0 saturated carbocycles. The molecule has 0 radical (unpaired) electrons. The fourth-order valence-electron chi connectivity index (χ4n) is 2.30. The number of aliphatic imine (C=N–C) groups is 1. The van der Waals surface area contributed by atoms with Crippen molar-refractivity contribution in [2.24, 2.45) is 4.99 Å². The smallest absolute Gasteiger partial charge is 0.193 e. The third-order valence-electron chi connectivity index (χ3n) is 3.64. The summed E-state index contributed by atoms with van der Waals surface area (Å²) < 4.78 is 5.37. The van der Waals surface area contributed by atoms with E-state index in [0.29, 0.717) is 0 Å². The number of nitrogens with one attached hydrogen (secondary N) is 1. The van der Waals surface area contributed by atoms with E-state index in [2.05, 4.69) is 54.0 Å². The van der Waals surface area contributed by atoms with Crippen molar-refractivity contribution in [3.8, 4) is 5.75 Å². The number of guanidine groups is 1. The SMILES string of the molecule is C=CCCCN(C)C(=NC)NCCc1ccc(C)c(OC)c1.I. The molecule has 0 bridgehead atoms. The molecule has 0 saturated heterocycles. The third kappa shape index (κ3) is 7.72. The minimum absolute atomic E-state index is 0. The second kappa shape index (κ2) is 12.2. The molecule has 0 aliphatic rings. The van der Waals surface area contributed by atoms with Gasteiger partial charge in [0.25, 0.3) is 0 Å². The second-order valence-corrected chi connectivity index (χ2v) is 5.38. The molecule has 0 amide bonds. The van der Waals surface area contributed by atoms with Crippen molar-refractivity contribution in [1.29, 1.82) is 0 Å². The zero-order valence-corrected chi connectivity index (χ0v) is 17.1. The number of nitrogens with zero attached hydrogens (tertiary/aromatic N) is 2. The molecular formula is C18H30IN3O. The first-order chi connectivity index (χ1) is 10.6. The normalized spacial score (nSPS) is 10.7. The molecule has 23 heavy (non-hydrogen) atoms. The lowest BCUT2D eigenvalue weighted by Crippen LogP contribution is -2.40. The summed E-state index contributed by atoms with van der Waals surface area (Å²) in [6.45, 7) is 7.64. The van der Waals surface area contributed by atoms with Gasteiger partial charge in [0.2, 0.25) is 0 Å². The zero-order chi connectivity index (χ0) is 16.4. The zero-order valence-electron chi connectivity index (χ0n) is 14.8. The number of ether oxygens (including phenoxy) is 1. The quantitative estimate of drug-likeness (QED) is 0.225. The predicted molar refractivity (Wildman–Crippen MR) is 110 cm³/mol. The van der Waals surface area contributed by atoms with Gasteiger partial charge >= 0.3 is 0 Å². The Morgan fingerprint density at radius 2 is 2.17 bits per heavy atom. The van der Waals surface area contributed by atoms with Gasteiger partial charge in [-0.2, -0.15) is 0 Å². The summed E-state index contributed by atoms with van der Waals surface area (Å²) in [6, 6.07) is 6.36. The van der Waals surface area contributed by atoms with Gasteiger partial charge in [0.1, 0.15) is 5.75 Å². The van der Waals surface area contributed by atoms with E-state index in [9.17, 15) is 0 Å². The molecule has 0 aliphatic carbocycles. The number of hydrogen-bond donors (Lipinski definition) is 1. The molecule has 0 spiro atoms. The highest BCUT2D eigenvalue weighted by Crippen LogP contribution is 2.18. The minimum atomic E-state index is 0. The summed E-state index contributed by atoms with van der Waals surface area (Å²) >= 11 is 0. The number of benzene rings is 1. The molecule has 0 heterocycles. The Morgan fingerprint density at radius 1 is 1.43 bits per heavy atom. The van der Waals surface area contributed by atoms with Crippen LogP contribution >= 0.6 is 24.0 Å². The number of rotatable bonds is 8. The lowest BCUT2D eigenvalue weighted by atomic mass is 10.1. The van der Waals surface area contributed by atoms with Gasteiger partial charge in [-0.1, -0.05) is 18.2 Å². The summed E-state index contributed by atoms with van der Waals surface area (Å²) in [7, 11) is 5.60. The van der Waals surface area contributed by atoms with Crippen molar-refractivity contribution >= 4 is 29.9 Å². The van der Waals surface area contributed by atoms with Crippen LogP contribution in [0.2, 0.25) is 0 Å². The van der Waals surface area contributed by atoms with Gasteiger partial charge in [0.05, 0.1) is 7.11 Å². The maximum Gasteiger partial charge on any atom is 0.193 e. The summed E-state index contributed by atoms with van der Waals surface area (Å²) in [4.78, 5) is 6.48. The van der Waals surface area contributed by atoms with Crippen molar-refractivity contribution in [2.45, 2.75) is 26.2 Å². The van der Waals surface area contributed by atoms with Crippen LogP contribution in [-0.2, 0) is 6.42 Å². The van der Waals surface area contributed by atoms with E-state index in [1.807, 2.05) is 13.1 Å². The number of unbranched alkanes of at least 4 members (excludes halogenated alkanes) is 1. The van der Waals surface area contributed by atoms with Gasteiger partial charge in [-0.15, -0.1) is 30.6 Å². The van der Waals surface area contributed by atoms with Crippen LogP contribution in [0.25, 0.3) is 0 Å². The third-order valence-corrected chi connectivity index (χ3v) is 3.64. The predicted octanol–water partition coefficient (Wildman–Crippen LogP) is 3.64. The first-order valence-electron chi connectivity index (χ1n) is 7.78. The highest BCUT2D eigenvalue weighted by atomic mass is 127.